The molecule has 0 fully saturated rings. The first-order chi connectivity index (χ1) is 14.9. The number of ether oxygens (including phenoxy) is 2. The highest BCUT2D eigenvalue weighted by Gasteiger charge is 2.14. The second-order valence-electron chi connectivity index (χ2n) is 6.68. The van der Waals surface area contributed by atoms with Gasteiger partial charge in [0, 0.05) is 26.5 Å². The van der Waals surface area contributed by atoms with Gasteiger partial charge in [0.1, 0.15) is 6.61 Å². The predicted molar refractivity (Wildman–Crippen MR) is 131 cm³/mol. The molecule has 0 aliphatic heterocycles. The second-order valence-corrected chi connectivity index (χ2v) is 8.73. The number of benzene rings is 2. The van der Waals surface area contributed by atoms with Crippen molar-refractivity contribution in [2.75, 3.05) is 12.0 Å². The molecule has 31 heavy (non-hydrogen) atoms. The Morgan fingerprint density at radius 3 is 2.55 bits per heavy atom. The van der Waals surface area contributed by atoms with Crippen molar-refractivity contribution in [2.45, 2.75) is 39.8 Å². The Morgan fingerprint density at radius 1 is 1.16 bits per heavy atom. The van der Waals surface area contributed by atoms with Crippen molar-refractivity contribution < 1.29 is 9.47 Å². The highest BCUT2D eigenvalue weighted by atomic mass is 79.9. The normalized spacial score (nSPS) is 10.9. The van der Waals surface area contributed by atoms with E-state index in [4.69, 9.17) is 44.9 Å². The average Bonchev–Trinajstić information content (AvgIpc) is 3.08. The zero-order valence-corrected chi connectivity index (χ0v) is 21.1. The minimum absolute atomic E-state index is 0.229. The van der Waals surface area contributed by atoms with Gasteiger partial charge in [-0.1, -0.05) is 52.1 Å². The maximum Gasteiger partial charge on any atom is 0.214 e. The van der Waals surface area contributed by atoms with Crippen molar-refractivity contribution in [3.05, 3.63) is 66.6 Å². The van der Waals surface area contributed by atoms with E-state index in [0.717, 1.165) is 34.3 Å². The Kier molecular flexibility index (Phi) is 8.66. The van der Waals surface area contributed by atoms with Gasteiger partial charge in [-0.3, -0.25) is 5.10 Å². The van der Waals surface area contributed by atoms with Crippen LogP contribution in [0, 0.1) is 4.77 Å². The number of aryl methyl sites for hydroxylation is 1. The fraction of sp³-hybridized carbons (Fsp3) is 0.333. The molecule has 10 heteroatoms. The Labute approximate surface area is 205 Å². The summed E-state index contributed by atoms with van der Waals surface area (Å²) >= 11 is 21.5. The average molecular weight is 546 g/mol. The molecule has 6 nitrogen and oxygen atoms in total. The Balaban J connectivity index is 1.80. The molecule has 166 valence electrons. The number of aromatic amines is 1. The Morgan fingerprint density at radius 2 is 1.87 bits per heavy atom. The maximum atomic E-state index is 6.26. The van der Waals surface area contributed by atoms with Crippen molar-refractivity contribution in [1.82, 2.24) is 14.9 Å². The lowest BCUT2D eigenvalue weighted by Gasteiger charge is -2.17. The molecule has 0 amide bonds. The first-order valence-corrected chi connectivity index (χ1v) is 11.8. The number of halogens is 3. The number of nitrogens with one attached hydrogen (secondary N) is 2. The van der Waals surface area contributed by atoms with Gasteiger partial charge in [-0.05, 0) is 55.4 Å². The number of aromatic nitrogens is 3. The van der Waals surface area contributed by atoms with Gasteiger partial charge in [0.2, 0.25) is 4.77 Å². The minimum Gasteiger partial charge on any atom is -0.490 e. The molecule has 2 aromatic carbocycles. The van der Waals surface area contributed by atoms with Crippen LogP contribution in [0.4, 0.5) is 0 Å². The molecule has 0 spiro atoms. The summed E-state index contributed by atoms with van der Waals surface area (Å²) in [6, 6.07) is 9.19. The number of H-pyrrole nitrogens is 1. The Bertz CT molecular complexity index is 1080. The van der Waals surface area contributed by atoms with Crippen LogP contribution in [0.1, 0.15) is 37.2 Å². The van der Waals surface area contributed by atoms with Crippen LogP contribution in [-0.2, 0) is 19.6 Å². The van der Waals surface area contributed by atoms with E-state index in [9.17, 15) is 0 Å². The molecule has 0 saturated heterocycles. The summed E-state index contributed by atoms with van der Waals surface area (Å²) in [7, 11) is 0. The first-order valence-electron chi connectivity index (χ1n) is 9.85. The molecule has 3 rings (SSSR count). The van der Waals surface area contributed by atoms with Crippen molar-refractivity contribution in [1.29, 1.82) is 0 Å². The van der Waals surface area contributed by atoms with Crippen LogP contribution < -0.4 is 14.9 Å². The van der Waals surface area contributed by atoms with Gasteiger partial charge >= 0.3 is 0 Å². The molecule has 1 heterocycles. The summed E-state index contributed by atoms with van der Waals surface area (Å²) < 4.78 is 15.0. The molecule has 0 unspecified atom stereocenters. The summed E-state index contributed by atoms with van der Waals surface area (Å²) in [5.41, 5.74) is 5.04. The van der Waals surface area contributed by atoms with E-state index < -0.39 is 0 Å². The van der Waals surface area contributed by atoms with Crippen molar-refractivity contribution >= 4 is 51.3 Å². The van der Waals surface area contributed by atoms with Crippen molar-refractivity contribution in [3.63, 3.8) is 0 Å². The fourth-order valence-electron chi connectivity index (χ4n) is 2.96. The monoisotopic (exact) mass is 544 g/mol. The molecule has 2 N–H and O–H groups in total. The van der Waals surface area contributed by atoms with Crippen molar-refractivity contribution in [3.8, 4) is 11.5 Å². The van der Waals surface area contributed by atoms with Gasteiger partial charge in [0.15, 0.2) is 17.3 Å². The lowest BCUT2D eigenvalue weighted by molar-refractivity contribution is 0.269. The number of hydrogen-bond acceptors (Lipinski definition) is 5. The number of hydrogen-bond donors (Lipinski definition) is 2. The first kappa shape index (κ1) is 23.9. The van der Waals surface area contributed by atoms with E-state index in [-0.39, 0.29) is 6.61 Å². The van der Waals surface area contributed by atoms with Gasteiger partial charge in [-0.2, -0.15) is 5.10 Å². The smallest absolute Gasteiger partial charge is 0.214 e. The zero-order chi connectivity index (χ0) is 22.4. The number of rotatable bonds is 10. The fourth-order valence-corrected chi connectivity index (χ4v) is 4.15. The SMILES string of the molecule is CCCc1n[nH]c(=S)n1NCc1cc(OCC)c(OCc2c(Cl)cccc2Cl)cc1Br. The lowest BCUT2D eigenvalue weighted by Crippen LogP contribution is -2.18. The van der Waals surface area contributed by atoms with Crippen molar-refractivity contribution in [2.24, 2.45) is 0 Å². The third-order valence-corrected chi connectivity index (χ3v) is 6.21. The van der Waals surface area contributed by atoms with E-state index in [1.165, 1.54) is 0 Å². The maximum absolute atomic E-state index is 6.26. The van der Waals surface area contributed by atoms with Crippen LogP contribution in [0.3, 0.4) is 0 Å². The van der Waals surface area contributed by atoms with Gasteiger partial charge < -0.3 is 14.9 Å². The van der Waals surface area contributed by atoms with E-state index in [2.05, 4.69) is 38.5 Å². The van der Waals surface area contributed by atoms with Crippen LogP contribution in [0.5, 0.6) is 11.5 Å². The second kappa shape index (κ2) is 11.2. The minimum atomic E-state index is 0.229. The third-order valence-electron chi connectivity index (χ3n) is 4.49. The molecule has 0 aliphatic carbocycles. The van der Waals surface area contributed by atoms with Crippen LogP contribution in [0.2, 0.25) is 10.0 Å². The highest BCUT2D eigenvalue weighted by Crippen LogP contribution is 2.35. The van der Waals surface area contributed by atoms with Gasteiger partial charge in [-0.25, -0.2) is 4.68 Å². The zero-order valence-electron chi connectivity index (χ0n) is 17.2. The van der Waals surface area contributed by atoms with Crippen LogP contribution in [0.15, 0.2) is 34.8 Å². The van der Waals surface area contributed by atoms with Crippen LogP contribution in [-0.4, -0.2) is 21.5 Å². The Hall–Kier alpha value is -1.74. The molecule has 0 bridgehead atoms. The largest absolute Gasteiger partial charge is 0.490 e. The highest BCUT2D eigenvalue weighted by molar-refractivity contribution is 9.10. The molecule has 0 atom stereocenters. The lowest BCUT2D eigenvalue weighted by atomic mass is 10.2. The van der Waals surface area contributed by atoms with Gasteiger partial charge in [0.05, 0.1) is 13.2 Å². The molecular formula is C21H23BrCl2N4O2S. The summed E-state index contributed by atoms with van der Waals surface area (Å²) in [5, 5.41) is 8.22. The standard InChI is InChI=1S/C21H23BrCl2N4O2S/c1-3-6-20-26-27-21(31)28(20)25-11-13-9-18(29-4-2)19(10-15(13)22)30-12-14-16(23)7-5-8-17(14)24/h5,7-10,25H,3-4,6,11-12H2,1-2H3,(H,27,31). The van der Waals surface area contributed by atoms with Crippen LogP contribution >= 0.6 is 51.3 Å². The molecule has 0 radical (unpaired) electrons. The quantitative estimate of drug-likeness (QED) is 0.278. The summed E-state index contributed by atoms with van der Waals surface area (Å²) in [4.78, 5) is 0. The predicted octanol–water partition coefficient (Wildman–Crippen LogP) is 6.68. The van der Waals surface area contributed by atoms with E-state index >= 15 is 0 Å². The summed E-state index contributed by atoms with van der Waals surface area (Å²) in [6.07, 6.45) is 1.80. The van der Waals surface area contributed by atoms with Gasteiger partial charge in [0.25, 0.3) is 0 Å². The number of nitrogens with zero attached hydrogens (tertiary/aromatic N) is 2. The van der Waals surface area contributed by atoms with E-state index in [1.54, 1.807) is 22.9 Å². The van der Waals surface area contributed by atoms with E-state index in [1.807, 2.05) is 19.1 Å². The summed E-state index contributed by atoms with van der Waals surface area (Å²) in [6.45, 7) is 5.28. The van der Waals surface area contributed by atoms with Crippen LogP contribution in [0.25, 0.3) is 0 Å². The summed E-state index contributed by atoms with van der Waals surface area (Å²) in [5.74, 6) is 2.10. The molecular weight excluding hydrogens is 523 g/mol. The molecule has 0 saturated carbocycles. The molecule has 3 aromatic rings. The van der Waals surface area contributed by atoms with Gasteiger partial charge in [-0.15, -0.1) is 0 Å². The third kappa shape index (κ3) is 5.94. The van der Waals surface area contributed by atoms with E-state index in [0.29, 0.717) is 39.5 Å². The molecule has 1 aromatic heterocycles. The topological polar surface area (TPSA) is 64.1 Å². The molecule has 0 aliphatic rings.